The number of benzene rings is 1. The average molecular weight is 179 g/mol. The van der Waals surface area contributed by atoms with Crippen LogP contribution in [0.25, 0.3) is 0 Å². The number of aromatic carboxylic acids is 2. The molecule has 1 aromatic rings. The van der Waals surface area contributed by atoms with Gasteiger partial charge in [-0.2, -0.15) is 0 Å². The third-order valence-electron chi connectivity index (χ3n) is 1.55. The third kappa shape index (κ3) is 1.58. The van der Waals surface area contributed by atoms with Gasteiger partial charge in [0.15, 0.2) is 0 Å². The first-order valence-corrected chi connectivity index (χ1v) is 3.35. The maximum atomic E-state index is 10.4. The minimum absolute atomic E-state index is 0.345. The number of carbonyl (C=O) groups is 2. The first-order valence-electron chi connectivity index (χ1n) is 3.35. The topological polar surface area (TPSA) is 106 Å². The zero-order chi connectivity index (χ0) is 10.0. The quantitative estimate of drug-likeness (QED) is 0.528. The summed E-state index contributed by atoms with van der Waals surface area (Å²) in [7, 11) is 0. The second-order valence-corrected chi connectivity index (χ2v) is 2.34. The number of nitrogens with two attached hydrogens (primary N) is 1. The van der Waals surface area contributed by atoms with Crippen LogP contribution in [0.5, 0.6) is 0 Å². The van der Waals surface area contributed by atoms with E-state index in [4.69, 9.17) is 5.73 Å². The van der Waals surface area contributed by atoms with Crippen molar-refractivity contribution < 1.29 is 19.8 Å². The van der Waals surface area contributed by atoms with E-state index in [0.717, 1.165) is 12.1 Å². The lowest BCUT2D eigenvalue weighted by Crippen LogP contribution is -2.27. The van der Waals surface area contributed by atoms with Crippen molar-refractivity contribution in [2.45, 2.75) is 0 Å². The van der Waals surface area contributed by atoms with E-state index in [9.17, 15) is 19.8 Å². The van der Waals surface area contributed by atoms with Crippen molar-refractivity contribution in [1.82, 2.24) is 0 Å². The molecule has 0 aliphatic carbocycles. The normalized spacial score (nSPS) is 9.54. The van der Waals surface area contributed by atoms with E-state index in [1.54, 1.807) is 0 Å². The van der Waals surface area contributed by atoms with E-state index >= 15 is 0 Å². The van der Waals surface area contributed by atoms with Crippen LogP contribution in [-0.2, 0) is 0 Å². The summed E-state index contributed by atoms with van der Waals surface area (Å²) in [6.07, 6.45) is 0. The molecule has 0 aliphatic rings. The van der Waals surface area contributed by atoms with Gasteiger partial charge in [-0.05, 0) is 0 Å². The Morgan fingerprint density at radius 3 is 1.77 bits per heavy atom. The SMILES string of the molecule is Nc1c(C(=O)[O-])cccc1C(=O)[O-]. The number of hydrogen-bond acceptors (Lipinski definition) is 5. The summed E-state index contributed by atoms with van der Waals surface area (Å²) in [6, 6.07) is 3.58. The van der Waals surface area contributed by atoms with Crippen molar-refractivity contribution in [2.24, 2.45) is 0 Å². The molecule has 1 rings (SSSR count). The molecular formula is C8H5NO4-2. The van der Waals surface area contributed by atoms with Crippen molar-refractivity contribution >= 4 is 17.6 Å². The molecular weight excluding hydrogens is 174 g/mol. The summed E-state index contributed by atoms with van der Waals surface area (Å²) in [5, 5.41) is 20.8. The van der Waals surface area contributed by atoms with E-state index in [1.807, 2.05) is 0 Å². The fourth-order valence-corrected chi connectivity index (χ4v) is 0.921. The van der Waals surface area contributed by atoms with Gasteiger partial charge in [0.05, 0.1) is 11.9 Å². The number of carbonyl (C=O) groups excluding carboxylic acids is 2. The van der Waals surface area contributed by atoms with Gasteiger partial charge in [0.25, 0.3) is 0 Å². The Bertz CT molecular complexity index is 340. The number of carboxylic acid groups (broad SMARTS) is 2. The number of nitrogen functional groups attached to an aromatic ring is 1. The maximum Gasteiger partial charge on any atom is 0.0736 e. The lowest BCUT2D eigenvalue weighted by atomic mass is 10.1. The number of anilines is 1. The average Bonchev–Trinajstić information content (AvgIpc) is 2.03. The van der Waals surface area contributed by atoms with E-state index in [0.29, 0.717) is 0 Å². The van der Waals surface area contributed by atoms with E-state index in [2.05, 4.69) is 0 Å². The highest BCUT2D eigenvalue weighted by Crippen LogP contribution is 2.15. The van der Waals surface area contributed by atoms with Gasteiger partial charge in [0.1, 0.15) is 0 Å². The Hall–Kier alpha value is -2.04. The smallest absolute Gasteiger partial charge is 0.0736 e. The van der Waals surface area contributed by atoms with Crippen LogP contribution < -0.4 is 15.9 Å². The molecule has 0 atom stereocenters. The Kier molecular flexibility index (Phi) is 2.19. The zero-order valence-corrected chi connectivity index (χ0v) is 6.44. The molecule has 13 heavy (non-hydrogen) atoms. The molecule has 68 valence electrons. The summed E-state index contributed by atoms with van der Waals surface area (Å²) in [4.78, 5) is 20.8. The Morgan fingerprint density at radius 1 is 1.08 bits per heavy atom. The zero-order valence-electron chi connectivity index (χ0n) is 6.44. The molecule has 0 saturated carbocycles. The van der Waals surface area contributed by atoms with Crippen LogP contribution in [0.4, 0.5) is 5.69 Å². The molecule has 0 aromatic heterocycles. The van der Waals surface area contributed by atoms with Crippen LogP contribution in [0.2, 0.25) is 0 Å². The lowest BCUT2D eigenvalue weighted by Gasteiger charge is -2.11. The maximum absolute atomic E-state index is 10.4. The molecule has 0 radical (unpaired) electrons. The van der Waals surface area contributed by atoms with Crippen LogP contribution in [0.15, 0.2) is 18.2 Å². The van der Waals surface area contributed by atoms with Gasteiger partial charge in [-0.25, -0.2) is 0 Å². The summed E-state index contributed by atoms with van der Waals surface area (Å²) in [5.41, 5.74) is 4.21. The summed E-state index contributed by atoms with van der Waals surface area (Å²) < 4.78 is 0. The minimum atomic E-state index is -1.51. The van der Waals surface area contributed by atoms with E-state index < -0.39 is 11.9 Å². The molecule has 0 bridgehead atoms. The molecule has 1 aromatic carbocycles. The van der Waals surface area contributed by atoms with Crippen molar-refractivity contribution in [3.8, 4) is 0 Å². The fraction of sp³-hybridized carbons (Fsp3) is 0. The molecule has 5 heteroatoms. The van der Waals surface area contributed by atoms with Crippen molar-refractivity contribution in [2.75, 3.05) is 5.73 Å². The molecule has 0 heterocycles. The van der Waals surface area contributed by atoms with Gasteiger partial charge in [-0.3, -0.25) is 0 Å². The Morgan fingerprint density at radius 2 is 1.46 bits per heavy atom. The van der Waals surface area contributed by atoms with Gasteiger partial charge in [0, 0.05) is 16.8 Å². The fourth-order valence-electron chi connectivity index (χ4n) is 0.921. The Balaban J connectivity index is 3.35. The van der Waals surface area contributed by atoms with Gasteiger partial charge in [-0.1, -0.05) is 18.2 Å². The summed E-state index contributed by atoms with van der Waals surface area (Å²) in [5.74, 6) is -3.03. The Labute approximate surface area is 73.4 Å². The second kappa shape index (κ2) is 3.14. The van der Waals surface area contributed by atoms with Crippen LogP contribution in [-0.4, -0.2) is 11.9 Å². The molecule has 0 spiro atoms. The molecule has 0 unspecified atom stereocenters. The van der Waals surface area contributed by atoms with Gasteiger partial charge >= 0.3 is 0 Å². The van der Waals surface area contributed by atoms with Crippen LogP contribution >= 0.6 is 0 Å². The van der Waals surface area contributed by atoms with Crippen molar-refractivity contribution in [3.05, 3.63) is 29.3 Å². The van der Waals surface area contributed by atoms with Crippen molar-refractivity contribution in [3.63, 3.8) is 0 Å². The largest absolute Gasteiger partial charge is 0.545 e. The number of carboxylic acids is 2. The number of hydrogen-bond donors (Lipinski definition) is 1. The van der Waals surface area contributed by atoms with Crippen LogP contribution in [0.3, 0.4) is 0 Å². The van der Waals surface area contributed by atoms with Gasteiger partial charge in [-0.15, -0.1) is 0 Å². The van der Waals surface area contributed by atoms with Crippen molar-refractivity contribution in [1.29, 1.82) is 0 Å². The van der Waals surface area contributed by atoms with Gasteiger partial charge in [0.2, 0.25) is 0 Å². The first-order chi connectivity index (χ1) is 6.04. The molecule has 0 amide bonds. The highest BCUT2D eigenvalue weighted by atomic mass is 16.4. The number of para-hydroxylation sites is 1. The molecule has 0 aliphatic heterocycles. The molecule has 0 fully saturated rings. The van der Waals surface area contributed by atoms with E-state index in [-0.39, 0.29) is 16.8 Å². The first kappa shape index (κ1) is 9.05. The van der Waals surface area contributed by atoms with Crippen LogP contribution in [0.1, 0.15) is 20.7 Å². The highest BCUT2D eigenvalue weighted by Gasteiger charge is 2.05. The standard InChI is InChI=1S/C8H7NO4/c9-6-4(7(10)11)2-1-3-5(6)8(12)13/h1-3H,9H2,(H,10,11)(H,12,13)/p-2. The van der Waals surface area contributed by atoms with Gasteiger partial charge < -0.3 is 25.5 Å². The molecule has 2 N–H and O–H groups in total. The predicted molar refractivity (Wildman–Crippen MR) is 39.5 cm³/mol. The summed E-state index contributed by atoms with van der Waals surface area (Å²) >= 11 is 0. The third-order valence-corrected chi connectivity index (χ3v) is 1.55. The lowest BCUT2D eigenvalue weighted by molar-refractivity contribution is -0.255. The minimum Gasteiger partial charge on any atom is -0.545 e. The predicted octanol–water partition coefficient (Wildman–Crippen LogP) is -2.00. The summed E-state index contributed by atoms with van der Waals surface area (Å²) in [6.45, 7) is 0. The monoisotopic (exact) mass is 179 g/mol. The molecule has 5 nitrogen and oxygen atoms in total. The second-order valence-electron chi connectivity index (χ2n) is 2.34. The number of rotatable bonds is 2. The van der Waals surface area contributed by atoms with E-state index in [1.165, 1.54) is 6.07 Å². The highest BCUT2D eigenvalue weighted by molar-refractivity contribution is 6.00. The molecule has 0 saturated heterocycles. The van der Waals surface area contributed by atoms with Crippen LogP contribution in [0, 0.1) is 0 Å².